The fourth-order valence-corrected chi connectivity index (χ4v) is 7.10. The molecule has 0 aromatic heterocycles. The average molecular weight is 651 g/mol. The van der Waals surface area contributed by atoms with Gasteiger partial charge >= 0.3 is 23.7 Å². The zero-order valence-electron chi connectivity index (χ0n) is 28.4. The van der Waals surface area contributed by atoms with Gasteiger partial charge in [-0.05, 0) is 74.1 Å². The molecule has 0 N–H and O–H groups in total. The number of nitrogens with zero attached hydrogens (tertiary/aromatic N) is 4. The van der Waals surface area contributed by atoms with Gasteiger partial charge in [0.05, 0.1) is 65.3 Å². The first kappa shape index (κ1) is 32.9. The SMILES string of the molecule is C=CC1=C(C)C2=CC3=NC(=C4C5=NC(=CC6=NC(=CC1=N2)C(C)=C6CC)C(C)=C5C(=O)OC4(OC)C(=O)OC)C(CCC(=O)OC)C3C. The van der Waals surface area contributed by atoms with E-state index in [1.165, 1.54) is 21.3 Å². The second kappa shape index (κ2) is 12.2. The first-order chi connectivity index (χ1) is 22.9. The molecule has 0 aliphatic carbocycles. The molecule has 0 radical (unpaired) electrons. The summed E-state index contributed by atoms with van der Waals surface area (Å²) in [6, 6.07) is 0. The van der Waals surface area contributed by atoms with Crippen molar-refractivity contribution in [1.82, 2.24) is 0 Å². The quantitative estimate of drug-likeness (QED) is 0.260. The van der Waals surface area contributed by atoms with Gasteiger partial charge in [0.2, 0.25) is 0 Å². The molecule has 11 nitrogen and oxygen atoms in total. The highest BCUT2D eigenvalue weighted by atomic mass is 16.7. The number of fused-ring (bicyclic) bond motifs is 4. The van der Waals surface area contributed by atoms with E-state index in [-0.39, 0.29) is 29.2 Å². The first-order valence-corrected chi connectivity index (χ1v) is 15.9. The third kappa shape index (κ3) is 4.87. The predicted octanol–water partition coefficient (Wildman–Crippen LogP) is 5.55. The molecule has 6 heterocycles. The van der Waals surface area contributed by atoms with Gasteiger partial charge in [0.1, 0.15) is 0 Å². The van der Waals surface area contributed by atoms with Crippen molar-refractivity contribution in [2.45, 2.75) is 59.7 Å². The number of aliphatic imine (C=N–C) groups is 4. The summed E-state index contributed by atoms with van der Waals surface area (Å²) in [4.78, 5) is 59.9. The maximum Gasteiger partial charge on any atom is 0.385 e. The van der Waals surface area contributed by atoms with Crippen LogP contribution in [0.1, 0.15) is 53.9 Å². The van der Waals surface area contributed by atoms with Gasteiger partial charge in [-0.2, -0.15) is 0 Å². The topological polar surface area (TPSA) is 138 Å². The summed E-state index contributed by atoms with van der Waals surface area (Å²) in [6.07, 6.45) is 8.63. The van der Waals surface area contributed by atoms with E-state index in [1.807, 2.05) is 39.0 Å². The number of cyclic esters (lactones) is 1. The molecule has 6 aliphatic heterocycles. The zero-order chi connectivity index (χ0) is 34.7. The summed E-state index contributed by atoms with van der Waals surface area (Å²) in [5.74, 6) is -5.12. The standard InChI is InChI=1S/C37H38N4O7/c1-10-21-17(3)24-14-26-19(5)23(12-13-30(42)45-7)33(40-26)32-34-31(35(43)48-37(32,47-9)36(44)46-8)20(6)27(41-34)16-29-22(11-2)18(4)25(39-29)15-28(21)38-24/h10,14-16,19,23H,1,11-13H2,2-9H3. The van der Waals surface area contributed by atoms with Crippen molar-refractivity contribution < 1.29 is 33.3 Å². The van der Waals surface area contributed by atoms with Gasteiger partial charge in [-0.15, -0.1) is 0 Å². The Bertz CT molecular complexity index is 1960. The second-order valence-electron chi connectivity index (χ2n) is 12.3. The van der Waals surface area contributed by atoms with Crippen LogP contribution in [0.25, 0.3) is 0 Å². The maximum atomic E-state index is 13.8. The maximum absolute atomic E-state index is 13.8. The van der Waals surface area contributed by atoms with Crippen LogP contribution >= 0.6 is 0 Å². The Morgan fingerprint density at radius 3 is 2.25 bits per heavy atom. The summed E-state index contributed by atoms with van der Waals surface area (Å²) in [7, 11) is 3.79. The smallest absolute Gasteiger partial charge is 0.385 e. The van der Waals surface area contributed by atoms with Crippen LogP contribution in [0.15, 0.2) is 113 Å². The van der Waals surface area contributed by atoms with Crippen molar-refractivity contribution in [3.05, 3.63) is 92.7 Å². The van der Waals surface area contributed by atoms with E-state index in [9.17, 15) is 14.4 Å². The molecule has 6 rings (SSSR count). The lowest BCUT2D eigenvalue weighted by Crippen LogP contribution is -2.54. The lowest BCUT2D eigenvalue weighted by molar-refractivity contribution is -0.219. The van der Waals surface area contributed by atoms with Crippen molar-refractivity contribution in [2.75, 3.05) is 21.3 Å². The molecule has 3 unspecified atom stereocenters. The summed E-state index contributed by atoms with van der Waals surface area (Å²) in [5.41, 5.74) is 9.41. The molecular weight excluding hydrogens is 612 g/mol. The van der Waals surface area contributed by atoms with Gasteiger partial charge in [0.15, 0.2) is 0 Å². The van der Waals surface area contributed by atoms with Crippen molar-refractivity contribution in [1.29, 1.82) is 0 Å². The van der Waals surface area contributed by atoms with E-state index in [0.29, 0.717) is 46.9 Å². The number of hydrogen-bond donors (Lipinski definition) is 0. The molecule has 0 aromatic rings. The normalized spacial score (nSPS) is 26.1. The molecule has 3 atom stereocenters. The fourth-order valence-electron chi connectivity index (χ4n) is 7.10. The van der Waals surface area contributed by atoms with Gasteiger partial charge in [-0.25, -0.2) is 24.6 Å². The highest BCUT2D eigenvalue weighted by molar-refractivity contribution is 6.34. The van der Waals surface area contributed by atoms with E-state index in [4.69, 9.17) is 38.9 Å². The van der Waals surface area contributed by atoms with Crippen LogP contribution in [0.4, 0.5) is 0 Å². The molecule has 1 fully saturated rings. The molecule has 0 aromatic carbocycles. The number of rotatable bonds is 7. The van der Waals surface area contributed by atoms with Gasteiger partial charge in [-0.1, -0.05) is 26.5 Å². The Morgan fingerprint density at radius 1 is 0.938 bits per heavy atom. The molecule has 48 heavy (non-hydrogen) atoms. The van der Waals surface area contributed by atoms with Crippen LogP contribution < -0.4 is 0 Å². The monoisotopic (exact) mass is 650 g/mol. The van der Waals surface area contributed by atoms with Gasteiger partial charge in [0, 0.05) is 36.7 Å². The van der Waals surface area contributed by atoms with E-state index in [1.54, 1.807) is 13.0 Å². The number of hydrogen-bond acceptors (Lipinski definition) is 11. The third-order valence-electron chi connectivity index (χ3n) is 9.87. The van der Waals surface area contributed by atoms with Crippen molar-refractivity contribution in [3.63, 3.8) is 0 Å². The van der Waals surface area contributed by atoms with Crippen molar-refractivity contribution >= 4 is 40.8 Å². The average Bonchev–Trinajstić information content (AvgIpc) is 3.75. The third-order valence-corrected chi connectivity index (χ3v) is 9.87. The van der Waals surface area contributed by atoms with E-state index >= 15 is 0 Å². The summed E-state index contributed by atoms with van der Waals surface area (Å²) in [5, 5.41) is 0. The van der Waals surface area contributed by atoms with E-state index in [0.717, 1.165) is 33.7 Å². The number of ether oxygens (including phenoxy) is 4. The first-order valence-electron chi connectivity index (χ1n) is 15.9. The van der Waals surface area contributed by atoms with Crippen molar-refractivity contribution in [3.8, 4) is 0 Å². The van der Waals surface area contributed by atoms with Gasteiger partial charge < -0.3 is 18.9 Å². The van der Waals surface area contributed by atoms with Crippen LogP contribution in [0.2, 0.25) is 0 Å². The lowest BCUT2D eigenvalue weighted by Gasteiger charge is -2.36. The van der Waals surface area contributed by atoms with Gasteiger partial charge in [-0.3, -0.25) is 9.79 Å². The number of carbonyl (C=O) groups is 3. The van der Waals surface area contributed by atoms with Crippen LogP contribution in [0.3, 0.4) is 0 Å². The highest BCUT2D eigenvalue weighted by Gasteiger charge is 2.59. The lowest BCUT2D eigenvalue weighted by atomic mass is 9.80. The Balaban J connectivity index is 1.73. The molecule has 0 amide bonds. The molecule has 248 valence electrons. The minimum absolute atomic E-state index is 0.0831. The Morgan fingerprint density at radius 2 is 1.60 bits per heavy atom. The fraction of sp³-hybridized carbons (Fsp3) is 0.378. The highest BCUT2D eigenvalue weighted by Crippen LogP contribution is 2.48. The Hall–Kier alpha value is -5.03. The van der Waals surface area contributed by atoms with Gasteiger partial charge in [0.25, 0.3) is 0 Å². The van der Waals surface area contributed by atoms with Crippen LogP contribution in [-0.4, -0.2) is 67.9 Å². The summed E-state index contributed by atoms with van der Waals surface area (Å²) >= 11 is 0. The molecule has 6 aliphatic rings. The number of carbonyl (C=O) groups excluding carboxylic acids is 3. The van der Waals surface area contributed by atoms with Crippen LogP contribution in [0, 0.1) is 11.8 Å². The predicted molar refractivity (Wildman–Crippen MR) is 181 cm³/mol. The molecule has 8 bridgehead atoms. The number of esters is 3. The van der Waals surface area contributed by atoms with E-state index in [2.05, 4.69) is 13.5 Å². The summed E-state index contributed by atoms with van der Waals surface area (Å²) in [6.45, 7) is 13.9. The Kier molecular flexibility index (Phi) is 8.36. The largest absolute Gasteiger partial charge is 0.469 e. The summed E-state index contributed by atoms with van der Waals surface area (Å²) < 4.78 is 21.9. The second-order valence-corrected chi connectivity index (χ2v) is 12.3. The number of methoxy groups -OCH3 is 3. The zero-order valence-corrected chi connectivity index (χ0v) is 28.4. The number of allylic oxidation sites excluding steroid dienone is 10. The van der Waals surface area contributed by atoms with Crippen molar-refractivity contribution in [2.24, 2.45) is 31.8 Å². The van der Waals surface area contributed by atoms with Crippen LogP contribution in [-0.2, 0) is 33.3 Å². The molecule has 1 saturated heterocycles. The minimum atomic E-state index is -2.31. The van der Waals surface area contributed by atoms with E-state index < -0.39 is 29.6 Å². The molecule has 11 heteroatoms. The molecule has 0 spiro atoms. The molecule has 0 saturated carbocycles. The minimum Gasteiger partial charge on any atom is -0.469 e. The Labute approximate surface area is 279 Å². The molecular formula is C37H38N4O7. The van der Waals surface area contributed by atoms with Crippen LogP contribution in [0.5, 0.6) is 0 Å².